The molecule has 0 aliphatic carbocycles. The predicted octanol–water partition coefficient (Wildman–Crippen LogP) is 2.67. The van der Waals surface area contributed by atoms with Crippen LogP contribution in [0.1, 0.15) is 25.3 Å². The van der Waals surface area contributed by atoms with Gasteiger partial charge in [-0.3, -0.25) is 9.88 Å². The number of pyridine rings is 1. The number of nitrogens with zero attached hydrogens (tertiary/aromatic N) is 2. The quantitative estimate of drug-likeness (QED) is 0.906. The molecule has 1 fully saturated rings. The zero-order chi connectivity index (χ0) is 12.8. The van der Waals surface area contributed by atoms with Crippen LogP contribution in [-0.2, 0) is 6.54 Å². The maximum absolute atomic E-state index is 4.22. The van der Waals surface area contributed by atoms with E-state index in [4.69, 9.17) is 0 Å². The van der Waals surface area contributed by atoms with Gasteiger partial charge in [0, 0.05) is 23.4 Å². The number of likely N-dealkylation sites (tertiary alicyclic amines) is 1. The number of hydrogen-bond acceptors (Lipinski definition) is 3. The molecule has 1 aromatic heterocycles. The van der Waals surface area contributed by atoms with Crippen LogP contribution < -0.4 is 5.32 Å². The molecular weight excluding hydrogens is 290 g/mol. The Kier molecular flexibility index (Phi) is 5.60. The molecule has 100 valence electrons. The molecule has 1 aliphatic rings. The van der Waals surface area contributed by atoms with Crippen molar-refractivity contribution in [2.75, 3.05) is 26.2 Å². The van der Waals surface area contributed by atoms with Gasteiger partial charge < -0.3 is 5.32 Å². The Morgan fingerprint density at radius 1 is 1.39 bits per heavy atom. The fraction of sp³-hybridized carbons (Fsp3) is 0.643. The molecule has 0 atom stereocenters. The summed E-state index contributed by atoms with van der Waals surface area (Å²) >= 11 is 3.48. The second-order valence-electron chi connectivity index (χ2n) is 5.04. The van der Waals surface area contributed by atoms with Crippen molar-refractivity contribution in [2.24, 2.45) is 5.92 Å². The molecule has 0 aromatic carbocycles. The maximum atomic E-state index is 4.22. The molecule has 0 bridgehead atoms. The first kappa shape index (κ1) is 14.0. The summed E-state index contributed by atoms with van der Waals surface area (Å²) in [7, 11) is 0. The summed E-state index contributed by atoms with van der Waals surface area (Å²) in [6.45, 7) is 7.90. The summed E-state index contributed by atoms with van der Waals surface area (Å²) in [4.78, 5) is 6.76. The number of aromatic nitrogens is 1. The van der Waals surface area contributed by atoms with Crippen LogP contribution in [0.3, 0.4) is 0 Å². The summed E-state index contributed by atoms with van der Waals surface area (Å²) in [5.41, 5.74) is 1.30. The van der Waals surface area contributed by atoms with Crippen LogP contribution in [0.4, 0.5) is 0 Å². The molecule has 4 heteroatoms. The van der Waals surface area contributed by atoms with E-state index < -0.39 is 0 Å². The van der Waals surface area contributed by atoms with Gasteiger partial charge in [0.05, 0.1) is 0 Å². The first-order valence-electron chi connectivity index (χ1n) is 6.80. The van der Waals surface area contributed by atoms with Gasteiger partial charge in [0.25, 0.3) is 0 Å². The number of rotatable bonds is 5. The normalized spacial score (nSPS) is 18.1. The molecule has 1 aromatic rings. The molecule has 0 radical (unpaired) electrons. The first-order valence-corrected chi connectivity index (χ1v) is 7.59. The molecule has 0 unspecified atom stereocenters. The predicted molar refractivity (Wildman–Crippen MR) is 78.5 cm³/mol. The minimum atomic E-state index is 0.863. The van der Waals surface area contributed by atoms with Gasteiger partial charge >= 0.3 is 0 Å². The van der Waals surface area contributed by atoms with E-state index in [0.29, 0.717) is 0 Å². The van der Waals surface area contributed by atoms with Crippen LogP contribution in [0.2, 0.25) is 0 Å². The third-order valence-corrected chi connectivity index (χ3v) is 3.99. The lowest BCUT2D eigenvalue weighted by Gasteiger charge is -2.32. The average molecular weight is 312 g/mol. The fourth-order valence-electron chi connectivity index (χ4n) is 2.50. The van der Waals surface area contributed by atoms with Crippen molar-refractivity contribution < 1.29 is 0 Å². The lowest BCUT2D eigenvalue weighted by Crippen LogP contribution is -2.36. The van der Waals surface area contributed by atoms with Gasteiger partial charge in [-0.25, -0.2) is 0 Å². The average Bonchev–Trinajstić information content (AvgIpc) is 2.38. The van der Waals surface area contributed by atoms with Crippen molar-refractivity contribution in [1.82, 2.24) is 15.2 Å². The van der Waals surface area contributed by atoms with Gasteiger partial charge in [-0.15, -0.1) is 0 Å². The van der Waals surface area contributed by atoms with E-state index in [9.17, 15) is 0 Å². The SMILES string of the molecule is CCNCC1CCN(Cc2cncc(Br)c2)CC1. The van der Waals surface area contributed by atoms with Crippen molar-refractivity contribution >= 4 is 15.9 Å². The molecule has 0 amide bonds. The van der Waals surface area contributed by atoms with Gasteiger partial charge in [0.2, 0.25) is 0 Å². The van der Waals surface area contributed by atoms with Gasteiger partial charge in [-0.2, -0.15) is 0 Å². The van der Waals surface area contributed by atoms with Gasteiger partial charge in [-0.1, -0.05) is 6.92 Å². The monoisotopic (exact) mass is 311 g/mol. The summed E-state index contributed by atoms with van der Waals surface area (Å²) in [6, 6.07) is 2.16. The zero-order valence-electron chi connectivity index (χ0n) is 11.0. The first-order chi connectivity index (χ1) is 8.78. The lowest BCUT2D eigenvalue weighted by molar-refractivity contribution is 0.175. The van der Waals surface area contributed by atoms with Crippen LogP contribution in [0.25, 0.3) is 0 Å². The Hall–Kier alpha value is -0.450. The Bertz CT molecular complexity index is 362. The van der Waals surface area contributed by atoms with Crippen molar-refractivity contribution in [3.05, 3.63) is 28.5 Å². The summed E-state index contributed by atoms with van der Waals surface area (Å²) < 4.78 is 1.07. The topological polar surface area (TPSA) is 28.2 Å². The third kappa shape index (κ3) is 4.34. The largest absolute Gasteiger partial charge is 0.317 e. The highest BCUT2D eigenvalue weighted by Gasteiger charge is 2.18. The van der Waals surface area contributed by atoms with Crippen LogP contribution in [0.15, 0.2) is 22.9 Å². The highest BCUT2D eigenvalue weighted by molar-refractivity contribution is 9.10. The molecular formula is C14H22BrN3. The van der Waals surface area contributed by atoms with Crippen molar-refractivity contribution in [1.29, 1.82) is 0 Å². The molecule has 0 spiro atoms. The lowest BCUT2D eigenvalue weighted by atomic mass is 9.96. The Morgan fingerprint density at radius 2 is 2.17 bits per heavy atom. The molecule has 1 saturated heterocycles. The minimum Gasteiger partial charge on any atom is -0.317 e. The summed E-state index contributed by atoms with van der Waals surface area (Å²) in [5.74, 6) is 0.863. The van der Waals surface area contributed by atoms with E-state index in [0.717, 1.165) is 23.5 Å². The molecule has 0 saturated carbocycles. The number of nitrogens with one attached hydrogen (secondary N) is 1. The highest BCUT2D eigenvalue weighted by Crippen LogP contribution is 2.19. The molecule has 18 heavy (non-hydrogen) atoms. The molecule has 2 heterocycles. The maximum Gasteiger partial charge on any atom is 0.0410 e. The second-order valence-corrected chi connectivity index (χ2v) is 5.95. The van der Waals surface area contributed by atoms with E-state index >= 15 is 0 Å². The summed E-state index contributed by atoms with van der Waals surface area (Å²) in [6.07, 6.45) is 6.44. The van der Waals surface area contributed by atoms with Crippen LogP contribution in [0, 0.1) is 5.92 Å². The molecule has 1 N–H and O–H groups in total. The van der Waals surface area contributed by atoms with Gasteiger partial charge in [-0.05, 0) is 72.5 Å². The zero-order valence-corrected chi connectivity index (χ0v) is 12.6. The van der Waals surface area contributed by atoms with E-state index in [1.165, 1.54) is 38.0 Å². The van der Waals surface area contributed by atoms with Gasteiger partial charge in [0.1, 0.15) is 0 Å². The third-order valence-electron chi connectivity index (χ3n) is 3.56. The fourth-order valence-corrected chi connectivity index (χ4v) is 2.91. The second kappa shape index (κ2) is 7.22. The van der Waals surface area contributed by atoms with E-state index in [2.05, 4.69) is 44.1 Å². The Labute approximate surface area is 118 Å². The van der Waals surface area contributed by atoms with Crippen LogP contribution in [0.5, 0.6) is 0 Å². The van der Waals surface area contributed by atoms with E-state index in [1.54, 1.807) is 0 Å². The van der Waals surface area contributed by atoms with Crippen molar-refractivity contribution in [3.63, 3.8) is 0 Å². The molecule has 3 nitrogen and oxygen atoms in total. The Balaban J connectivity index is 1.76. The molecule has 2 rings (SSSR count). The van der Waals surface area contributed by atoms with E-state index in [-0.39, 0.29) is 0 Å². The van der Waals surface area contributed by atoms with Crippen molar-refractivity contribution in [2.45, 2.75) is 26.3 Å². The van der Waals surface area contributed by atoms with Crippen molar-refractivity contribution in [3.8, 4) is 0 Å². The number of piperidine rings is 1. The highest BCUT2D eigenvalue weighted by atomic mass is 79.9. The number of hydrogen-bond donors (Lipinski definition) is 1. The van der Waals surface area contributed by atoms with Gasteiger partial charge in [0.15, 0.2) is 0 Å². The van der Waals surface area contributed by atoms with Crippen LogP contribution in [-0.4, -0.2) is 36.1 Å². The Morgan fingerprint density at radius 3 is 2.83 bits per heavy atom. The summed E-state index contributed by atoms with van der Waals surface area (Å²) in [5, 5.41) is 3.46. The standard InChI is InChI=1S/C14H22BrN3/c1-2-16-8-12-3-5-18(6-4-12)11-13-7-14(15)10-17-9-13/h7,9-10,12,16H,2-6,8,11H2,1H3. The van der Waals surface area contributed by atoms with E-state index in [1.807, 2.05) is 12.4 Å². The smallest absolute Gasteiger partial charge is 0.0410 e. The molecule has 1 aliphatic heterocycles. The minimum absolute atomic E-state index is 0.863. The number of halogens is 1. The van der Waals surface area contributed by atoms with Crippen LogP contribution >= 0.6 is 15.9 Å².